The van der Waals surface area contributed by atoms with Crippen LogP contribution in [0.1, 0.15) is 38.2 Å². The van der Waals surface area contributed by atoms with Gasteiger partial charge in [0.15, 0.2) is 0 Å². The molecule has 1 aromatic carbocycles. The standard InChI is InChI=1S/C15H22N2/c1-4-15(5-2)17(3)12-14(11-16)13-9-7-6-8-10-13/h6-10,14-15H,4-5,12H2,1-3H3. The summed E-state index contributed by atoms with van der Waals surface area (Å²) in [5.74, 6) is -0.0261. The van der Waals surface area contributed by atoms with Crippen LogP contribution in [0.15, 0.2) is 30.3 Å². The maximum absolute atomic E-state index is 9.28. The minimum Gasteiger partial charge on any atom is -0.302 e. The zero-order valence-electron chi connectivity index (χ0n) is 11.1. The Morgan fingerprint density at radius 2 is 1.76 bits per heavy atom. The molecule has 0 aromatic heterocycles. The second-order valence-corrected chi connectivity index (χ2v) is 4.50. The second-order valence-electron chi connectivity index (χ2n) is 4.50. The topological polar surface area (TPSA) is 27.0 Å². The highest BCUT2D eigenvalue weighted by Crippen LogP contribution is 2.18. The molecule has 0 saturated carbocycles. The molecule has 0 radical (unpaired) electrons. The van der Waals surface area contributed by atoms with Gasteiger partial charge in [-0.15, -0.1) is 0 Å². The predicted octanol–water partition coefficient (Wildman–Crippen LogP) is 3.41. The molecule has 0 heterocycles. The Kier molecular flexibility index (Phi) is 5.72. The van der Waals surface area contributed by atoms with Gasteiger partial charge in [0.25, 0.3) is 0 Å². The van der Waals surface area contributed by atoms with E-state index < -0.39 is 0 Å². The molecule has 2 heteroatoms. The van der Waals surface area contributed by atoms with Crippen LogP contribution in [0.5, 0.6) is 0 Å². The lowest BCUT2D eigenvalue weighted by atomic mass is 9.99. The van der Waals surface area contributed by atoms with Crippen molar-refractivity contribution in [2.45, 2.75) is 38.6 Å². The van der Waals surface area contributed by atoms with Gasteiger partial charge in [-0.25, -0.2) is 0 Å². The minimum absolute atomic E-state index is 0.0261. The number of nitrogens with zero attached hydrogens (tertiary/aromatic N) is 2. The molecule has 0 aliphatic rings. The molecule has 0 amide bonds. The number of hydrogen-bond acceptors (Lipinski definition) is 2. The molecular weight excluding hydrogens is 208 g/mol. The van der Waals surface area contributed by atoms with Gasteiger partial charge in [-0.05, 0) is 25.5 Å². The summed E-state index contributed by atoms with van der Waals surface area (Å²) in [4.78, 5) is 2.31. The molecule has 0 fully saturated rings. The van der Waals surface area contributed by atoms with Crippen LogP contribution in [-0.4, -0.2) is 24.5 Å². The Balaban J connectivity index is 2.68. The summed E-state index contributed by atoms with van der Waals surface area (Å²) < 4.78 is 0. The number of rotatable bonds is 6. The highest BCUT2D eigenvalue weighted by atomic mass is 15.1. The Hall–Kier alpha value is -1.33. The summed E-state index contributed by atoms with van der Waals surface area (Å²) in [5, 5.41) is 9.28. The lowest BCUT2D eigenvalue weighted by molar-refractivity contribution is 0.226. The molecule has 2 nitrogen and oxygen atoms in total. The molecule has 1 atom stereocenters. The predicted molar refractivity (Wildman–Crippen MR) is 71.8 cm³/mol. The largest absolute Gasteiger partial charge is 0.302 e. The van der Waals surface area contributed by atoms with Crippen molar-refractivity contribution < 1.29 is 0 Å². The van der Waals surface area contributed by atoms with E-state index in [0.29, 0.717) is 6.04 Å². The van der Waals surface area contributed by atoms with Crippen LogP contribution >= 0.6 is 0 Å². The highest BCUT2D eigenvalue weighted by Gasteiger charge is 2.17. The second kappa shape index (κ2) is 7.09. The summed E-state index contributed by atoms with van der Waals surface area (Å²) >= 11 is 0. The fraction of sp³-hybridized carbons (Fsp3) is 0.533. The van der Waals surface area contributed by atoms with E-state index in [1.165, 1.54) is 0 Å². The molecule has 0 aliphatic carbocycles. The molecule has 0 bridgehead atoms. The summed E-state index contributed by atoms with van der Waals surface area (Å²) in [5.41, 5.74) is 1.12. The van der Waals surface area contributed by atoms with Gasteiger partial charge in [0.05, 0.1) is 12.0 Å². The SMILES string of the molecule is CCC(CC)N(C)CC(C#N)c1ccccc1. The van der Waals surface area contributed by atoms with E-state index in [0.717, 1.165) is 24.9 Å². The Morgan fingerprint density at radius 1 is 1.18 bits per heavy atom. The van der Waals surface area contributed by atoms with Gasteiger partial charge in [0.1, 0.15) is 0 Å². The van der Waals surface area contributed by atoms with E-state index in [2.05, 4.69) is 31.9 Å². The summed E-state index contributed by atoms with van der Waals surface area (Å²) in [6.45, 7) is 5.22. The molecule has 0 aliphatic heterocycles. The van der Waals surface area contributed by atoms with Crippen LogP contribution in [0.25, 0.3) is 0 Å². The first kappa shape index (κ1) is 13.7. The number of benzene rings is 1. The maximum Gasteiger partial charge on any atom is 0.0839 e. The summed E-state index contributed by atoms with van der Waals surface area (Å²) in [6.07, 6.45) is 2.28. The molecule has 1 aromatic rings. The van der Waals surface area contributed by atoms with Gasteiger partial charge in [-0.2, -0.15) is 5.26 Å². The third-order valence-electron chi connectivity index (χ3n) is 3.39. The van der Waals surface area contributed by atoms with E-state index in [9.17, 15) is 5.26 Å². The Bertz CT molecular complexity index is 349. The van der Waals surface area contributed by atoms with E-state index in [4.69, 9.17) is 0 Å². The lowest BCUT2D eigenvalue weighted by Crippen LogP contribution is -2.33. The van der Waals surface area contributed by atoms with Crippen molar-refractivity contribution in [1.29, 1.82) is 5.26 Å². The molecule has 17 heavy (non-hydrogen) atoms. The average molecular weight is 230 g/mol. The fourth-order valence-electron chi connectivity index (χ4n) is 2.26. The summed E-state index contributed by atoms with van der Waals surface area (Å²) in [7, 11) is 2.12. The van der Waals surface area contributed by atoms with Gasteiger partial charge < -0.3 is 4.90 Å². The lowest BCUT2D eigenvalue weighted by Gasteiger charge is -2.27. The van der Waals surface area contributed by atoms with Gasteiger partial charge in [0, 0.05) is 12.6 Å². The van der Waals surface area contributed by atoms with Crippen molar-refractivity contribution in [3.63, 3.8) is 0 Å². The average Bonchev–Trinajstić information content (AvgIpc) is 2.38. The van der Waals surface area contributed by atoms with Crippen LogP contribution in [0, 0.1) is 11.3 Å². The first-order valence-corrected chi connectivity index (χ1v) is 6.37. The van der Waals surface area contributed by atoms with Crippen molar-refractivity contribution in [3.8, 4) is 6.07 Å². The number of hydrogen-bond donors (Lipinski definition) is 0. The first-order valence-electron chi connectivity index (χ1n) is 6.37. The van der Waals surface area contributed by atoms with Crippen LogP contribution in [0.2, 0.25) is 0 Å². The van der Waals surface area contributed by atoms with Gasteiger partial charge in [-0.1, -0.05) is 44.2 Å². The maximum atomic E-state index is 9.28. The van der Waals surface area contributed by atoms with E-state index >= 15 is 0 Å². The quantitative estimate of drug-likeness (QED) is 0.748. The Morgan fingerprint density at radius 3 is 2.24 bits per heavy atom. The third kappa shape index (κ3) is 3.87. The molecule has 0 N–H and O–H groups in total. The van der Waals surface area contributed by atoms with Crippen LogP contribution < -0.4 is 0 Å². The van der Waals surface area contributed by atoms with Crippen molar-refractivity contribution in [3.05, 3.63) is 35.9 Å². The van der Waals surface area contributed by atoms with Crippen molar-refractivity contribution in [1.82, 2.24) is 4.90 Å². The van der Waals surface area contributed by atoms with Crippen molar-refractivity contribution in [2.24, 2.45) is 0 Å². The van der Waals surface area contributed by atoms with Crippen LogP contribution in [0.4, 0.5) is 0 Å². The molecule has 0 spiro atoms. The normalized spacial score (nSPS) is 12.7. The van der Waals surface area contributed by atoms with E-state index in [-0.39, 0.29) is 5.92 Å². The van der Waals surface area contributed by atoms with Gasteiger partial charge in [-0.3, -0.25) is 0 Å². The van der Waals surface area contributed by atoms with E-state index in [1.807, 2.05) is 30.3 Å². The molecule has 0 saturated heterocycles. The highest BCUT2D eigenvalue weighted by molar-refractivity contribution is 5.25. The number of nitriles is 1. The number of likely N-dealkylation sites (N-methyl/N-ethyl adjacent to an activating group) is 1. The minimum atomic E-state index is -0.0261. The fourth-order valence-corrected chi connectivity index (χ4v) is 2.26. The third-order valence-corrected chi connectivity index (χ3v) is 3.39. The zero-order valence-corrected chi connectivity index (χ0v) is 11.1. The van der Waals surface area contributed by atoms with Gasteiger partial charge >= 0.3 is 0 Å². The zero-order chi connectivity index (χ0) is 12.7. The van der Waals surface area contributed by atoms with Gasteiger partial charge in [0.2, 0.25) is 0 Å². The monoisotopic (exact) mass is 230 g/mol. The van der Waals surface area contributed by atoms with Crippen molar-refractivity contribution >= 4 is 0 Å². The van der Waals surface area contributed by atoms with Crippen molar-refractivity contribution in [2.75, 3.05) is 13.6 Å². The van der Waals surface area contributed by atoms with Crippen LogP contribution in [0.3, 0.4) is 0 Å². The molecule has 1 unspecified atom stereocenters. The summed E-state index contributed by atoms with van der Waals surface area (Å²) in [6, 6.07) is 13.0. The molecule has 92 valence electrons. The van der Waals surface area contributed by atoms with E-state index in [1.54, 1.807) is 0 Å². The molecule has 1 rings (SSSR count). The van der Waals surface area contributed by atoms with Crippen LogP contribution in [-0.2, 0) is 0 Å². The molecular formula is C15H22N2. The first-order chi connectivity index (χ1) is 8.22. The Labute approximate surface area is 105 Å². The smallest absolute Gasteiger partial charge is 0.0839 e.